The lowest BCUT2D eigenvalue weighted by molar-refractivity contribution is -0.137. The number of rotatable bonds is 1. The minimum Gasteiger partial charge on any atom is -0.368 e. The molecular formula is C12H14F3NO. The summed E-state index contributed by atoms with van der Waals surface area (Å²) in [6, 6.07) is 5.31. The molecule has 0 bridgehead atoms. The SMILES string of the molecule is CC1CNCC(c2cccc(C(F)(F)F)c2)O1. The molecule has 5 heteroatoms. The van der Waals surface area contributed by atoms with Crippen LogP contribution in [0, 0.1) is 0 Å². The van der Waals surface area contributed by atoms with Crippen molar-refractivity contribution in [2.24, 2.45) is 0 Å². The van der Waals surface area contributed by atoms with Crippen LogP contribution < -0.4 is 5.32 Å². The molecule has 17 heavy (non-hydrogen) atoms. The van der Waals surface area contributed by atoms with Crippen molar-refractivity contribution in [3.8, 4) is 0 Å². The highest BCUT2D eigenvalue weighted by Gasteiger charge is 2.31. The Bertz CT molecular complexity index is 392. The number of benzene rings is 1. The molecule has 0 amide bonds. The number of nitrogens with one attached hydrogen (secondary N) is 1. The average molecular weight is 245 g/mol. The van der Waals surface area contributed by atoms with Gasteiger partial charge in [0.1, 0.15) is 0 Å². The van der Waals surface area contributed by atoms with E-state index in [1.807, 2.05) is 6.92 Å². The molecule has 2 unspecified atom stereocenters. The van der Waals surface area contributed by atoms with Crippen LogP contribution in [-0.2, 0) is 10.9 Å². The van der Waals surface area contributed by atoms with Gasteiger partial charge in [0, 0.05) is 13.1 Å². The van der Waals surface area contributed by atoms with Crippen LogP contribution in [0.15, 0.2) is 24.3 Å². The van der Waals surface area contributed by atoms with Gasteiger partial charge in [-0.15, -0.1) is 0 Å². The maximum absolute atomic E-state index is 12.6. The van der Waals surface area contributed by atoms with Crippen molar-refractivity contribution in [2.45, 2.75) is 25.3 Å². The molecule has 2 nitrogen and oxygen atoms in total. The zero-order chi connectivity index (χ0) is 12.5. The molecule has 1 saturated heterocycles. The fourth-order valence-electron chi connectivity index (χ4n) is 1.91. The Morgan fingerprint density at radius 3 is 2.71 bits per heavy atom. The van der Waals surface area contributed by atoms with Crippen LogP contribution in [0.3, 0.4) is 0 Å². The van der Waals surface area contributed by atoms with Gasteiger partial charge in [-0.25, -0.2) is 0 Å². The molecule has 0 aliphatic carbocycles. The molecule has 0 radical (unpaired) electrons. The fourth-order valence-corrected chi connectivity index (χ4v) is 1.91. The van der Waals surface area contributed by atoms with Crippen LogP contribution in [0.4, 0.5) is 13.2 Å². The summed E-state index contributed by atoms with van der Waals surface area (Å²) in [5.41, 5.74) is -0.0595. The predicted molar refractivity (Wildman–Crippen MR) is 57.6 cm³/mol. The van der Waals surface area contributed by atoms with E-state index in [0.29, 0.717) is 12.1 Å². The summed E-state index contributed by atoms with van der Waals surface area (Å²) in [5, 5.41) is 3.14. The molecule has 0 saturated carbocycles. The van der Waals surface area contributed by atoms with Gasteiger partial charge in [-0.2, -0.15) is 13.2 Å². The van der Waals surface area contributed by atoms with Gasteiger partial charge < -0.3 is 10.1 Å². The molecule has 1 aromatic rings. The quantitative estimate of drug-likeness (QED) is 0.821. The summed E-state index contributed by atoms with van der Waals surface area (Å²) in [5.74, 6) is 0. The van der Waals surface area contributed by atoms with E-state index in [9.17, 15) is 13.2 Å². The highest BCUT2D eigenvalue weighted by atomic mass is 19.4. The standard InChI is InChI=1S/C12H14F3NO/c1-8-6-16-7-11(17-8)9-3-2-4-10(5-9)12(13,14)15/h2-5,8,11,16H,6-7H2,1H3. The molecule has 1 aliphatic rings. The predicted octanol–water partition coefficient (Wildman–Crippen LogP) is 2.75. The monoisotopic (exact) mass is 245 g/mol. The lowest BCUT2D eigenvalue weighted by Crippen LogP contribution is -2.38. The normalized spacial score (nSPS) is 25.9. The fraction of sp³-hybridized carbons (Fsp3) is 0.500. The first-order valence-corrected chi connectivity index (χ1v) is 5.50. The Balaban J connectivity index is 2.21. The molecule has 2 rings (SSSR count). The summed E-state index contributed by atoms with van der Waals surface area (Å²) < 4.78 is 43.3. The van der Waals surface area contributed by atoms with Crippen LogP contribution in [0.2, 0.25) is 0 Å². The molecule has 1 N–H and O–H groups in total. The van der Waals surface area contributed by atoms with Crippen molar-refractivity contribution in [2.75, 3.05) is 13.1 Å². The summed E-state index contributed by atoms with van der Waals surface area (Å²) >= 11 is 0. The topological polar surface area (TPSA) is 21.3 Å². The van der Waals surface area contributed by atoms with Gasteiger partial charge in [-0.1, -0.05) is 12.1 Å². The second-order valence-electron chi connectivity index (χ2n) is 4.22. The highest BCUT2D eigenvalue weighted by molar-refractivity contribution is 5.27. The minimum atomic E-state index is -4.30. The Kier molecular flexibility index (Phi) is 3.40. The molecule has 1 heterocycles. The summed E-state index contributed by atoms with van der Waals surface area (Å²) in [6.45, 7) is 3.17. The van der Waals surface area contributed by atoms with Gasteiger partial charge in [-0.3, -0.25) is 0 Å². The summed E-state index contributed by atoms with van der Waals surface area (Å²) in [4.78, 5) is 0. The van der Waals surface area contributed by atoms with E-state index in [0.717, 1.165) is 18.7 Å². The first-order chi connectivity index (χ1) is 7.97. The summed E-state index contributed by atoms with van der Waals surface area (Å²) in [6.07, 6.45) is -4.59. The first-order valence-electron chi connectivity index (χ1n) is 5.50. The van der Waals surface area contributed by atoms with Crippen LogP contribution in [-0.4, -0.2) is 19.2 Å². The number of ether oxygens (including phenoxy) is 1. The molecule has 0 aromatic heterocycles. The molecule has 1 aromatic carbocycles. The van der Waals surface area contributed by atoms with Crippen molar-refractivity contribution >= 4 is 0 Å². The van der Waals surface area contributed by atoms with Crippen LogP contribution in [0.5, 0.6) is 0 Å². The molecule has 2 atom stereocenters. The van der Waals surface area contributed by atoms with E-state index in [2.05, 4.69) is 5.32 Å². The number of hydrogen-bond donors (Lipinski definition) is 1. The van der Waals surface area contributed by atoms with Gasteiger partial charge in [0.05, 0.1) is 17.8 Å². The summed E-state index contributed by atoms with van der Waals surface area (Å²) in [7, 11) is 0. The number of halogens is 3. The first kappa shape index (κ1) is 12.4. The lowest BCUT2D eigenvalue weighted by atomic mass is 10.0. The zero-order valence-electron chi connectivity index (χ0n) is 9.42. The number of hydrogen-bond acceptors (Lipinski definition) is 2. The smallest absolute Gasteiger partial charge is 0.368 e. The van der Waals surface area contributed by atoms with Crippen molar-refractivity contribution in [3.63, 3.8) is 0 Å². The largest absolute Gasteiger partial charge is 0.416 e. The molecule has 1 aliphatic heterocycles. The number of alkyl halides is 3. The second kappa shape index (κ2) is 4.66. The Labute approximate surface area is 97.8 Å². The van der Waals surface area contributed by atoms with E-state index in [1.54, 1.807) is 6.07 Å². The second-order valence-corrected chi connectivity index (χ2v) is 4.22. The molecular weight excluding hydrogens is 231 g/mol. The van der Waals surface area contributed by atoms with Crippen molar-refractivity contribution in [3.05, 3.63) is 35.4 Å². The van der Waals surface area contributed by atoms with Gasteiger partial charge in [-0.05, 0) is 24.6 Å². The van der Waals surface area contributed by atoms with Crippen LogP contribution in [0.1, 0.15) is 24.2 Å². The van der Waals surface area contributed by atoms with Crippen molar-refractivity contribution < 1.29 is 17.9 Å². The Hall–Kier alpha value is -1.07. The third kappa shape index (κ3) is 2.98. The molecule has 94 valence electrons. The molecule has 0 spiro atoms. The maximum atomic E-state index is 12.6. The van der Waals surface area contributed by atoms with Gasteiger partial charge >= 0.3 is 6.18 Å². The van der Waals surface area contributed by atoms with Gasteiger partial charge in [0.2, 0.25) is 0 Å². The average Bonchev–Trinajstić information content (AvgIpc) is 2.28. The third-order valence-corrected chi connectivity index (χ3v) is 2.74. The van der Waals surface area contributed by atoms with E-state index >= 15 is 0 Å². The third-order valence-electron chi connectivity index (χ3n) is 2.74. The molecule has 1 fully saturated rings. The van der Waals surface area contributed by atoms with Crippen LogP contribution in [0.25, 0.3) is 0 Å². The highest BCUT2D eigenvalue weighted by Crippen LogP contribution is 2.31. The van der Waals surface area contributed by atoms with E-state index in [4.69, 9.17) is 4.74 Å². The number of morpholine rings is 1. The van der Waals surface area contributed by atoms with Gasteiger partial charge in [0.25, 0.3) is 0 Å². The van der Waals surface area contributed by atoms with E-state index < -0.39 is 11.7 Å². The van der Waals surface area contributed by atoms with Crippen molar-refractivity contribution in [1.82, 2.24) is 5.32 Å². The Morgan fingerprint density at radius 1 is 1.29 bits per heavy atom. The maximum Gasteiger partial charge on any atom is 0.416 e. The van der Waals surface area contributed by atoms with Gasteiger partial charge in [0.15, 0.2) is 0 Å². The minimum absolute atomic E-state index is 0.0169. The van der Waals surface area contributed by atoms with Crippen molar-refractivity contribution in [1.29, 1.82) is 0 Å². The van der Waals surface area contributed by atoms with E-state index in [-0.39, 0.29) is 12.2 Å². The zero-order valence-corrected chi connectivity index (χ0v) is 9.42. The Morgan fingerprint density at radius 2 is 2.06 bits per heavy atom. The lowest BCUT2D eigenvalue weighted by Gasteiger charge is -2.29. The van der Waals surface area contributed by atoms with E-state index in [1.165, 1.54) is 6.07 Å². The van der Waals surface area contributed by atoms with Crippen LogP contribution >= 0.6 is 0 Å².